The number of carboxylic acids is 1. The van der Waals surface area contributed by atoms with Crippen molar-refractivity contribution in [3.8, 4) is 5.75 Å². The summed E-state index contributed by atoms with van der Waals surface area (Å²) in [4.78, 5) is 10.5. The van der Waals surface area contributed by atoms with E-state index in [1.165, 1.54) is 5.54 Å². The summed E-state index contributed by atoms with van der Waals surface area (Å²) in [6, 6.07) is 3.76. The third-order valence-corrected chi connectivity index (χ3v) is 2.49. The van der Waals surface area contributed by atoms with Crippen LogP contribution in [-0.4, -0.2) is 17.7 Å². The van der Waals surface area contributed by atoms with Crippen molar-refractivity contribution in [1.29, 1.82) is 0 Å². The van der Waals surface area contributed by atoms with Crippen LogP contribution in [0.25, 0.3) is 6.08 Å². The van der Waals surface area contributed by atoms with Crippen molar-refractivity contribution in [2.24, 2.45) is 0 Å². The molecule has 0 spiro atoms. The molecule has 0 saturated heterocycles. The number of halogens is 1. The average molecular weight is 267 g/mol. The van der Waals surface area contributed by atoms with E-state index in [4.69, 9.17) is 21.4 Å². The number of hydrogen-bond acceptors (Lipinski definition) is 2. The van der Waals surface area contributed by atoms with Gasteiger partial charge in [0.05, 0.1) is 0 Å². The minimum absolute atomic E-state index is 0.412. The van der Waals surface area contributed by atoms with Gasteiger partial charge in [0.15, 0.2) is 0 Å². The molecule has 0 saturated carbocycles. The molecule has 1 aromatic rings. The summed E-state index contributed by atoms with van der Waals surface area (Å²) in [6.07, 6.45) is 4.38. The Morgan fingerprint density at radius 2 is 2.00 bits per heavy atom. The van der Waals surface area contributed by atoms with Gasteiger partial charge in [0.25, 0.3) is 0 Å². The first-order chi connectivity index (χ1) is 8.54. The molecule has 0 unspecified atom stereocenters. The Balaban J connectivity index is 2.93. The Morgan fingerprint density at radius 1 is 1.39 bits per heavy atom. The van der Waals surface area contributed by atoms with Gasteiger partial charge in [0, 0.05) is 11.6 Å². The van der Waals surface area contributed by atoms with E-state index in [1.807, 2.05) is 26.0 Å². The Bertz CT molecular complexity index is 467. The fourth-order valence-corrected chi connectivity index (χ4v) is 1.72. The lowest BCUT2D eigenvalue weighted by Gasteiger charge is -2.11. The van der Waals surface area contributed by atoms with Crippen LogP contribution < -0.4 is 4.74 Å². The second kappa shape index (κ2) is 6.87. The van der Waals surface area contributed by atoms with Crippen molar-refractivity contribution in [3.05, 3.63) is 46.5 Å². The highest BCUT2D eigenvalue weighted by Crippen LogP contribution is 2.25. The van der Waals surface area contributed by atoms with E-state index in [2.05, 4.69) is 0 Å². The number of benzene rings is 1. The Morgan fingerprint density at radius 3 is 2.50 bits per heavy atom. The fourth-order valence-electron chi connectivity index (χ4n) is 1.64. The summed E-state index contributed by atoms with van der Waals surface area (Å²) in [6.45, 7) is 4.26. The topological polar surface area (TPSA) is 46.5 Å². The van der Waals surface area contributed by atoms with E-state index in [-0.39, 0.29) is 0 Å². The summed E-state index contributed by atoms with van der Waals surface area (Å²) < 4.78 is 5.58. The van der Waals surface area contributed by atoms with Crippen molar-refractivity contribution in [3.63, 3.8) is 0 Å². The molecule has 0 fully saturated rings. The molecule has 0 aliphatic rings. The van der Waals surface area contributed by atoms with Gasteiger partial charge < -0.3 is 9.84 Å². The summed E-state index contributed by atoms with van der Waals surface area (Å²) in [7, 11) is 0. The van der Waals surface area contributed by atoms with E-state index in [9.17, 15) is 4.79 Å². The maximum absolute atomic E-state index is 10.5. The molecule has 0 bridgehead atoms. The second-order valence-corrected chi connectivity index (χ2v) is 4.08. The Kier molecular flexibility index (Phi) is 5.46. The first-order valence-electron chi connectivity index (χ1n) is 5.45. The van der Waals surface area contributed by atoms with Gasteiger partial charge in [-0.3, -0.25) is 0 Å². The third-order valence-electron chi connectivity index (χ3n) is 2.31. The second-order valence-electron chi connectivity index (χ2n) is 3.83. The van der Waals surface area contributed by atoms with Gasteiger partial charge in [-0.2, -0.15) is 0 Å². The maximum Gasteiger partial charge on any atom is 0.328 e. The predicted octanol–water partition coefficient (Wildman–Crippen LogP) is 3.53. The summed E-state index contributed by atoms with van der Waals surface area (Å²) in [5, 5.41) is 8.58. The van der Waals surface area contributed by atoms with Crippen molar-refractivity contribution in [2.45, 2.75) is 13.8 Å². The van der Waals surface area contributed by atoms with Crippen LogP contribution in [-0.2, 0) is 4.79 Å². The average Bonchev–Trinajstić information content (AvgIpc) is 2.30. The molecule has 3 nitrogen and oxygen atoms in total. The van der Waals surface area contributed by atoms with E-state index < -0.39 is 5.97 Å². The van der Waals surface area contributed by atoms with E-state index in [0.717, 1.165) is 28.5 Å². The standard InChI is InChI=1S/C14H15ClO3/c1-10-8-12(4-5-13(16)17)9-11(2)14(10)18-7-3-6-15/h3-6,8-9H,7H2,1-2H3,(H,16,17)/b5-4+,6-3+. The van der Waals surface area contributed by atoms with Crippen molar-refractivity contribution >= 4 is 23.6 Å². The maximum atomic E-state index is 10.5. The van der Waals surface area contributed by atoms with Crippen molar-refractivity contribution in [2.75, 3.05) is 6.61 Å². The van der Waals surface area contributed by atoms with Gasteiger partial charge in [-0.25, -0.2) is 4.79 Å². The van der Waals surface area contributed by atoms with Crippen LogP contribution in [0.1, 0.15) is 16.7 Å². The van der Waals surface area contributed by atoms with Crippen LogP contribution >= 0.6 is 11.6 Å². The fraction of sp³-hybridized carbons (Fsp3) is 0.214. The highest BCUT2D eigenvalue weighted by Gasteiger charge is 2.05. The SMILES string of the molecule is Cc1cc(/C=C/C(=O)O)cc(C)c1OC/C=C/Cl. The van der Waals surface area contributed by atoms with Crippen LogP contribution in [0.5, 0.6) is 5.75 Å². The molecule has 0 radical (unpaired) electrons. The van der Waals surface area contributed by atoms with E-state index >= 15 is 0 Å². The molecular weight excluding hydrogens is 252 g/mol. The molecule has 0 aliphatic heterocycles. The van der Waals surface area contributed by atoms with E-state index in [0.29, 0.717) is 6.61 Å². The largest absolute Gasteiger partial charge is 0.489 e. The number of aliphatic carboxylic acids is 1. The normalized spacial score (nSPS) is 11.3. The first kappa shape index (κ1) is 14.3. The van der Waals surface area contributed by atoms with Gasteiger partial charge in [-0.1, -0.05) is 11.6 Å². The Hall–Kier alpha value is -1.74. The lowest BCUT2D eigenvalue weighted by Crippen LogP contribution is -1.98. The molecule has 18 heavy (non-hydrogen) atoms. The monoisotopic (exact) mass is 266 g/mol. The zero-order valence-electron chi connectivity index (χ0n) is 10.3. The van der Waals surface area contributed by atoms with Crippen LogP contribution in [0, 0.1) is 13.8 Å². The number of aryl methyl sites for hydroxylation is 2. The lowest BCUT2D eigenvalue weighted by atomic mass is 10.1. The van der Waals surface area contributed by atoms with Gasteiger partial charge in [-0.05, 0) is 54.8 Å². The van der Waals surface area contributed by atoms with Gasteiger partial charge in [0.1, 0.15) is 12.4 Å². The quantitative estimate of drug-likeness (QED) is 0.830. The highest BCUT2D eigenvalue weighted by atomic mass is 35.5. The van der Waals surface area contributed by atoms with Crippen LogP contribution in [0.3, 0.4) is 0 Å². The number of carbonyl (C=O) groups is 1. The lowest BCUT2D eigenvalue weighted by molar-refractivity contribution is -0.131. The molecule has 1 N–H and O–H groups in total. The molecule has 1 aromatic carbocycles. The zero-order chi connectivity index (χ0) is 13.5. The number of rotatable bonds is 5. The molecule has 1 rings (SSSR count). The van der Waals surface area contributed by atoms with Gasteiger partial charge >= 0.3 is 5.97 Å². The molecule has 0 aromatic heterocycles. The molecule has 96 valence electrons. The molecule has 0 aliphatic carbocycles. The van der Waals surface area contributed by atoms with Crippen LogP contribution in [0.2, 0.25) is 0 Å². The summed E-state index contributed by atoms with van der Waals surface area (Å²) in [5.41, 5.74) is 4.17. The summed E-state index contributed by atoms with van der Waals surface area (Å²) in [5.74, 6) is -0.157. The molecule has 0 heterocycles. The van der Waals surface area contributed by atoms with Crippen LogP contribution in [0.4, 0.5) is 0 Å². The molecular formula is C14H15ClO3. The molecule has 0 amide bonds. The highest BCUT2D eigenvalue weighted by molar-refractivity contribution is 6.25. The minimum atomic E-state index is -0.960. The van der Waals surface area contributed by atoms with Crippen molar-refractivity contribution < 1.29 is 14.6 Å². The van der Waals surface area contributed by atoms with Gasteiger partial charge in [0.2, 0.25) is 0 Å². The summed E-state index contributed by atoms with van der Waals surface area (Å²) >= 11 is 5.42. The molecule has 4 heteroatoms. The zero-order valence-corrected chi connectivity index (χ0v) is 11.1. The van der Waals surface area contributed by atoms with E-state index in [1.54, 1.807) is 12.2 Å². The van der Waals surface area contributed by atoms with Crippen LogP contribution in [0.15, 0.2) is 29.8 Å². The molecule has 0 atom stereocenters. The van der Waals surface area contributed by atoms with Gasteiger partial charge in [-0.15, -0.1) is 0 Å². The first-order valence-corrected chi connectivity index (χ1v) is 5.88. The number of carboxylic acid groups (broad SMARTS) is 1. The smallest absolute Gasteiger partial charge is 0.328 e. The minimum Gasteiger partial charge on any atom is -0.489 e. The number of hydrogen-bond donors (Lipinski definition) is 1. The Labute approximate surface area is 111 Å². The van der Waals surface area contributed by atoms with Crippen molar-refractivity contribution in [1.82, 2.24) is 0 Å². The number of ether oxygens (including phenoxy) is 1. The predicted molar refractivity (Wildman–Crippen MR) is 73.1 cm³/mol. The third kappa shape index (κ3) is 4.26.